The van der Waals surface area contributed by atoms with Gasteiger partial charge in [0.15, 0.2) is 0 Å². The number of aromatic nitrogens is 5. The highest BCUT2D eigenvalue weighted by molar-refractivity contribution is 6.13. The number of aliphatic imine (C=N–C) groups is 1. The Hall–Kier alpha value is -9.33. The molecule has 6 aromatic heterocycles. The van der Waals surface area contributed by atoms with Gasteiger partial charge in [-0.1, -0.05) is 118 Å². The minimum atomic E-state index is 0.798. The fraction of sp³-hybridized carbons (Fsp3) is 0.0469. The predicted molar refractivity (Wildman–Crippen MR) is 297 cm³/mol. The average Bonchev–Trinajstić information content (AvgIpc) is 3.98. The highest BCUT2D eigenvalue weighted by Crippen LogP contribution is 2.43. The van der Waals surface area contributed by atoms with Crippen LogP contribution in [0.2, 0.25) is 0 Å². The van der Waals surface area contributed by atoms with Crippen molar-refractivity contribution >= 4 is 50.0 Å². The number of allylic oxidation sites excluding steroid dienone is 3. The SMILES string of the molecule is C=C/C=C\C=NC.CC.c1ccc(-c2ccccc2-c2ccc3c(c2)c2cc(-c4ccccc4-c4ccccn4)ccc2n3-c2ccc3oc4cc(-c5ccccn5)c(-c5ccccn5)cc4c3c2)nc1. The fourth-order valence-corrected chi connectivity index (χ4v) is 9.23. The highest BCUT2D eigenvalue weighted by atomic mass is 16.3. The Morgan fingerprint density at radius 2 is 0.873 bits per heavy atom. The monoisotopic (exact) mass is 918 g/mol. The van der Waals surface area contributed by atoms with Crippen molar-refractivity contribution in [1.29, 1.82) is 0 Å². The van der Waals surface area contributed by atoms with E-state index in [0.717, 1.165) is 117 Å². The van der Waals surface area contributed by atoms with Crippen molar-refractivity contribution in [3.05, 3.63) is 238 Å². The molecule has 71 heavy (non-hydrogen) atoms. The predicted octanol–water partition coefficient (Wildman–Crippen LogP) is 16.7. The standard InChI is InChI=1S/C56H35N5O.C6H9N.C2H6/c1-3-15-41(49-17-5-9-27-57-49)39(13-1)36-21-24-53-45(31-36)46-32-37(40-14-2-4-16-42(40)50-18-6-10-28-58-50)22-25-54(46)61(53)38-23-26-55-47(33-38)48-34-43(51-19-7-11-29-59-51)44(35-56(48)62-55)52-20-8-12-30-60-52;1-3-4-5-6-7-2;1-2/h1-35H;3-6H,1H2,2H3;1-2H3/b;5-4-,7-6?;. The van der Waals surface area contributed by atoms with Gasteiger partial charge in [0.2, 0.25) is 0 Å². The summed E-state index contributed by atoms with van der Waals surface area (Å²) in [5.74, 6) is 0. The van der Waals surface area contributed by atoms with E-state index in [9.17, 15) is 0 Å². The maximum absolute atomic E-state index is 6.61. The van der Waals surface area contributed by atoms with Gasteiger partial charge in [-0.3, -0.25) is 24.9 Å². The van der Waals surface area contributed by atoms with Crippen molar-refractivity contribution in [1.82, 2.24) is 24.5 Å². The Morgan fingerprint density at radius 3 is 1.34 bits per heavy atom. The molecule has 0 saturated heterocycles. The number of pyridine rings is 4. The maximum Gasteiger partial charge on any atom is 0.136 e. The molecule has 0 fully saturated rings. The van der Waals surface area contributed by atoms with Crippen LogP contribution in [-0.4, -0.2) is 37.8 Å². The van der Waals surface area contributed by atoms with Gasteiger partial charge in [-0.25, -0.2) is 0 Å². The Kier molecular flexibility index (Phi) is 13.4. The first kappa shape index (κ1) is 45.5. The third-order valence-electron chi connectivity index (χ3n) is 12.3. The molecule has 0 atom stereocenters. The van der Waals surface area contributed by atoms with Crippen molar-refractivity contribution in [2.45, 2.75) is 13.8 Å². The lowest BCUT2D eigenvalue weighted by molar-refractivity contribution is 0.669. The second kappa shape index (κ2) is 20.9. The van der Waals surface area contributed by atoms with Gasteiger partial charge in [0, 0.05) is 87.5 Å². The van der Waals surface area contributed by atoms with E-state index < -0.39 is 0 Å². The van der Waals surface area contributed by atoms with Gasteiger partial charge in [-0.2, -0.15) is 0 Å². The van der Waals surface area contributed by atoms with E-state index in [1.165, 1.54) is 0 Å². The zero-order valence-electron chi connectivity index (χ0n) is 39.8. The molecule has 0 spiro atoms. The smallest absolute Gasteiger partial charge is 0.136 e. The number of furan rings is 1. The minimum Gasteiger partial charge on any atom is -0.456 e. The van der Waals surface area contributed by atoms with E-state index in [1.807, 2.05) is 111 Å². The summed E-state index contributed by atoms with van der Waals surface area (Å²) in [6.07, 6.45) is 14.4. The molecule has 342 valence electrons. The van der Waals surface area contributed by atoms with Gasteiger partial charge in [-0.15, -0.1) is 0 Å². The molecule has 0 saturated carbocycles. The second-order valence-corrected chi connectivity index (χ2v) is 16.5. The number of fused-ring (bicyclic) bond motifs is 6. The zero-order valence-corrected chi connectivity index (χ0v) is 39.8. The summed E-state index contributed by atoms with van der Waals surface area (Å²) < 4.78 is 8.99. The Balaban J connectivity index is 0.000000598. The summed E-state index contributed by atoms with van der Waals surface area (Å²) in [5, 5.41) is 4.35. The average molecular weight is 919 g/mol. The molecule has 0 N–H and O–H groups in total. The largest absolute Gasteiger partial charge is 0.456 e. The molecule has 0 bridgehead atoms. The first-order valence-electron chi connectivity index (χ1n) is 23.8. The first-order valence-corrected chi connectivity index (χ1v) is 23.8. The first-order chi connectivity index (χ1) is 35.2. The van der Waals surface area contributed by atoms with E-state index in [4.69, 9.17) is 24.4 Å². The van der Waals surface area contributed by atoms with Crippen LogP contribution in [0.15, 0.2) is 247 Å². The lowest BCUT2D eigenvalue weighted by atomic mass is 9.94. The molecule has 6 heterocycles. The maximum atomic E-state index is 6.61. The molecule has 6 aromatic carbocycles. The summed E-state index contributed by atoms with van der Waals surface area (Å²) >= 11 is 0. The number of hydrogen-bond acceptors (Lipinski definition) is 6. The van der Waals surface area contributed by atoms with Crippen LogP contribution in [0.1, 0.15) is 13.8 Å². The van der Waals surface area contributed by atoms with Gasteiger partial charge in [0.1, 0.15) is 11.2 Å². The molecule has 12 aromatic rings. The van der Waals surface area contributed by atoms with Crippen molar-refractivity contribution < 1.29 is 4.42 Å². The molecule has 0 aliphatic carbocycles. The topological polar surface area (TPSA) is 82.0 Å². The molecule has 0 aliphatic rings. The van der Waals surface area contributed by atoms with Gasteiger partial charge >= 0.3 is 0 Å². The molecular weight excluding hydrogens is 869 g/mol. The van der Waals surface area contributed by atoms with E-state index in [1.54, 1.807) is 19.3 Å². The Bertz CT molecular complexity index is 3720. The summed E-state index contributed by atoms with van der Waals surface area (Å²) in [4.78, 5) is 22.7. The summed E-state index contributed by atoms with van der Waals surface area (Å²) in [6.45, 7) is 7.48. The molecule has 7 nitrogen and oxygen atoms in total. The van der Waals surface area contributed by atoms with E-state index in [-0.39, 0.29) is 0 Å². The second-order valence-electron chi connectivity index (χ2n) is 16.5. The molecular formula is C64H50N6O. The van der Waals surface area contributed by atoms with Crippen molar-refractivity contribution in [3.63, 3.8) is 0 Å². The van der Waals surface area contributed by atoms with Gasteiger partial charge in [0.05, 0.1) is 33.8 Å². The third-order valence-corrected chi connectivity index (χ3v) is 12.3. The molecule has 0 amide bonds. The van der Waals surface area contributed by atoms with Crippen LogP contribution in [0.25, 0.3) is 117 Å². The number of benzene rings is 6. The normalized spacial score (nSPS) is 11.3. The molecule has 0 unspecified atom stereocenters. The molecule has 0 radical (unpaired) electrons. The van der Waals surface area contributed by atoms with Gasteiger partial charge in [-0.05, 0) is 131 Å². The van der Waals surface area contributed by atoms with Crippen LogP contribution in [-0.2, 0) is 0 Å². The Labute approximate surface area is 413 Å². The summed E-state index contributed by atoms with van der Waals surface area (Å²) in [7, 11) is 1.73. The number of rotatable bonds is 9. The lowest BCUT2D eigenvalue weighted by Crippen LogP contribution is -1.94. The summed E-state index contributed by atoms with van der Waals surface area (Å²) in [5.41, 5.74) is 17.2. The summed E-state index contributed by atoms with van der Waals surface area (Å²) in [6, 6.07) is 65.7. The number of nitrogens with zero attached hydrogens (tertiary/aromatic N) is 6. The third kappa shape index (κ3) is 9.08. The van der Waals surface area contributed by atoms with Crippen molar-refractivity contribution in [2.75, 3.05) is 7.05 Å². The minimum absolute atomic E-state index is 0.798. The van der Waals surface area contributed by atoms with Crippen LogP contribution in [0.5, 0.6) is 0 Å². The van der Waals surface area contributed by atoms with Crippen LogP contribution < -0.4 is 0 Å². The van der Waals surface area contributed by atoms with Crippen molar-refractivity contribution in [2.24, 2.45) is 4.99 Å². The lowest BCUT2D eigenvalue weighted by Gasteiger charge is -2.11. The zero-order chi connectivity index (χ0) is 48.5. The number of hydrogen-bond donors (Lipinski definition) is 0. The van der Waals surface area contributed by atoms with Crippen LogP contribution >= 0.6 is 0 Å². The van der Waals surface area contributed by atoms with Crippen LogP contribution in [0.4, 0.5) is 0 Å². The fourth-order valence-electron chi connectivity index (χ4n) is 9.23. The quantitative estimate of drug-likeness (QED) is 0.106. The van der Waals surface area contributed by atoms with Crippen LogP contribution in [0, 0.1) is 0 Å². The molecule has 12 rings (SSSR count). The molecule has 7 heteroatoms. The Morgan fingerprint density at radius 1 is 0.423 bits per heavy atom. The molecule has 0 aliphatic heterocycles. The van der Waals surface area contributed by atoms with Crippen molar-refractivity contribution in [3.8, 4) is 73.0 Å². The van der Waals surface area contributed by atoms with E-state index in [0.29, 0.717) is 0 Å². The van der Waals surface area contributed by atoms with Gasteiger partial charge in [0.25, 0.3) is 0 Å². The van der Waals surface area contributed by atoms with E-state index >= 15 is 0 Å². The van der Waals surface area contributed by atoms with Crippen LogP contribution in [0.3, 0.4) is 0 Å². The van der Waals surface area contributed by atoms with E-state index in [2.05, 4.69) is 144 Å². The van der Waals surface area contributed by atoms with Gasteiger partial charge < -0.3 is 8.98 Å². The highest BCUT2D eigenvalue weighted by Gasteiger charge is 2.20.